The van der Waals surface area contributed by atoms with Crippen LogP contribution >= 0.6 is 15.9 Å². The summed E-state index contributed by atoms with van der Waals surface area (Å²) in [6.45, 7) is 0.706. The SMILES string of the molecule is COCc1cccc(NC(=O)CCCN(c2ccc(Br)cc2)S(C)(=O)=O)c1. The van der Waals surface area contributed by atoms with Crippen molar-refractivity contribution in [2.24, 2.45) is 0 Å². The zero-order valence-corrected chi connectivity index (χ0v) is 17.7. The van der Waals surface area contributed by atoms with E-state index in [9.17, 15) is 13.2 Å². The minimum absolute atomic E-state index is 0.158. The zero-order chi connectivity index (χ0) is 19.9. The Balaban J connectivity index is 1.93. The first-order chi connectivity index (χ1) is 12.8. The lowest BCUT2D eigenvalue weighted by Gasteiger charge is -2.22. The van der Waals surface area contributed by atoms with E-state index >= 15 is 0 Å². The molecule has 0 radical (unpaired) electrons. The van der Waals surface area contributed by atoms with E-state index in [1.165, 1.54) is 4.31 Å². The van der Waals surface area contributed by atoms with Crippen molar-refractivity contribution in [2.45, 2.75) is 19.4 Å². The summed E-state index contributed by atoms with van der Waals surface area (Å²) in [4.78, 5) is 12.2. The highest BCUT2D eigenvalue weighted by atomic mass is 79.9. The minimum Gasteiger partial charge on any atom is -0.380 e. The quantitative estimate of drug-likeness (QED) is 0.625. The van der Waals surface area contributed by atoms with Gasteiger partial charge in [0.1, 0.15) is 0 Å². The standard InChI is InChI=1S/C19H23BrN2O4S/c1-26-14-15-5-3-6-17(13-15)21-19(23)7-4-12-22(27(2,24)25)18-10-8-16(20)9-11-18/h3,5-6,8-11,13H,4,7,12,14H2,1-2H3,(H,21,23). The average Bonchev–Trinajstić information content (AvgIpc) is 2.59. The fourth-order valence-electron chi connectivity index (χ4n) is 2.61. The van der Waals surface area contributed by atoms with Crippen LogP contribution in [-0.2, 0) is 26.2 Å². The molecule has 0 aliphatic heterocycles. The van der Waals surface area contributed by atoms with Gasteiger partial charge in [-0.3, -0.25) is 9.10 Å². The molecule has 27 heavy (non-hydrogen) atoms. The largest absolute Gasteiger partial charge is 0.380 e. The molecule has 1 N–H and O–H groups in total. The Morgan fingerprint density at radius 3 is 2.52 bits per heavy atom. The molecule has 2 aromatic rings. The molecule has 6 nitrogen and oxygen atoms in total. The van der Waals surface area contributed by atoms with Gasteiger partial charge in [-0.15, -0.1) is 0 Å². The molecule has 0 aliphatic rings. The molecule has 8 heteroatoms. The van der Waals surface area contributed by atoms with Gasteiger partial charge in [0.15, 0.2) is 0 Å². The van der Waals surface area contributed by atoms with Crippen LogP contribution in [0.5, 0.6) is 0 Å². The van der Waals surface area contributed by atoms with Gasteiger partial charge < -0.3 is 10.1 Å². The number of hydrogen-bond donors (Lipinski definition) is 1. The van der Waals surface area contributed by atoms with E-state index in [2.05, 4.69) is 21.2 Å². The lowest BCUT2D eigenvalue weighted by Crippen LogP contribution is -2.31. The molecule has 0 atom stereocenters. The number of sulfonamides is 1. The number of benzene rings is 2. The number of nitrogens with one attached hydrogen (secondary N) is 1. The Morgan fingerprint density at radius 1 is 1.19 bits per heavy atom. The summed E-state index contributed by atoms with van der Waals surface area (Å²) < 4.78 is 31.4. The smallest absolute Gasteiger partial charge is 0.232 e. The van der Waals surface area contributed by atoms with E-state index in [0.717, 1.165) is 16.3 Å². The average molecular weight is 455 g/mol. The van der Waals surface area contributed by atoms with Crippen LogP contribution in [0.1, 0.15) is 18.4 Å². The highest BCUT2D eigenvalue weighted by molar-refractivity contribution is 9.10. The van der Waals surface area contributed by atoms with Crippen LogP contribution in [0.4, 0.5) is 11.4 Å². The summed E-state index contributed by atoms with van der Waals surface area (Å²) in [5.41, 5.74) is 2.24. The van der Waals surface area contributed by atoms with Gasteiger partial charge >= 0.3 is 0 Å². The van der Waals surface area contributed by atoms with Crippen molar-refractivity contribution in [3.8, 4) is 0 Å². The Kier molecular flexibility index (Phi) is 7.82. The van der Waals surface area contributed by atoms with E-state index in [0.29, 0.717) is 24.4 Å². The lowest BCUT2D eigenvalue weighted by molar-refractivity contribution is -0.116. The first-order valence-electron chi connectivity index (χ1n) is 8.40. The van der Waals surface area contributed by atoms with Gasteiger partial charge in [0.05, 0.1) is 18.6 Å². The van der Waals surface area contributed by atoms with E-state index < -0.39 is 10.0 Å². The van der Waals surface area contributed by atoms with Crippen LogP contribution in [0.3, 0.4) is 0 Å². The third kappa shape index (κ3) is 6.97. The molecule has 2 rings (SSSR count). The van der Waals surface area contributed by atoms with Crippen LogP contribution in [-0.4, -0.2) is 34.2 Å². The minimum atomic E-state index is -3.43. The Hall–Kier alpha value is -1.90. The van der Waals surface area contributed by atoms with Gasteiger partial charge in [-0.25, -0.2) is 8.42 Å². The molecule has 0 fully saturated rings. The topological polar surface area (TPSA) is 75.7 Å². The second kappa shape index (κ2) is 9.87. The predicted octanol–water partition coefficient (Wildman–Crippen LogP) is 3.78. The van der Waals surface area contributed by atoms with Crippen molar-refractivity contribution in [1.29, 1.82) is 0 Å². The third-order valence-electron chi connectivity index (χ3n) is 3.80. The van der Waals surface area contributed by atoms with E-state index in [1.807, 2.05) is 24.3 Å². The molecule has 0 saturated carbocycles. The monoisotopic (exact) mass is 454 g/mol. The Labute approximate surface area is 168 Å². The third-order valence-corrected chi connectivity index (χ3v) is 5.52. The Bertz CT molecular complexity index is 870. The molecule has 0 aromatic heterocycles. The van der Waals surface area contributed by atoms with Crippen LogP contribution in [0, 0.1) is 0 Å². The summed E-state index contributed by atoms with van der Waals surface area (Å²) in [6, 6.07) is 14.5. The molecule has 0 unspecified atom stereocenters. The summed E-state index contributed by atoms with van der Waals surface area (Å²) in [7, 11) is -1.81. The number of carbonyl (C=O) groups is 1. The molecule has 0 bridgehead atoms. The second-order valence-corrected chi connectivity index (χ2v) is 8.92. The molecule has 2 aromatic carbocycles. The number of ether oxygens (including phenoxy) is 1. The van der Waals surface area contributed by atoms with Gasteiger partial charge in [0, 0.05) is 30.2 Å². The maximum absolute atomic E-state index is 12.2. The van der Waals surface area contributed by atoms with Gasteiger partial charge in [-0.1, -0.05) is 28.1 Å². The van der Waals surface area contributed by atoms with Crippen molar-refractivity contribution >= 4 is 43.2 Å². The molecular weight excluding hydrogens is 432 g/mol. The fourth-order valence-corrected chi connectivity index (χ4v) is 3.84. The summed E-state index contributed by atoms with van der Waals surface area (Å²) >= 11 is 3.33. The van der Waals surface area contributed by atoms with E-state index in [-0.39, 0.29) is 18.9 Å². The number of carbonyl (C=O) groups excluding carboxylic acids is 1. The molecule has 146 valence electrons. The highest BCUT2D eigenvalue weighted by Crippen LogP contribution is 2.21. The van der Waals surface area contributed by atoms with Crippen LogP contribution in [0.25, 0.3) is 0 Å². The molecule has 0 aliphatic carbocycles. The normalized spacial score (nSPS) is 11.2. The van der Waals surface area contributed by atoms with E-state index in [4.69, 9.17) is 4.74 Å². The van der Waals surface area contributed by atoms with Crippen molar-refractivity contribution in [2.75, 3.05) is 29.5 Å². The summed E-state index contributed by atoms with van der Waals surface area (Å²) in [5.74, 6) is -0.158. The first-order valence-corrected chi connectivity index (χ1v) is 11.0. The Morgan fingerprint density at radius 2 is 1.89 bits per heavy atom. The maximum atomic E-state index is 12.2. The summed E-state index contributed by atoms with van der Waals surface area (Å²) in [6.07, 6.45) is 1.79. The van der Waals surface area contributed by atoms with Crippen LogP contribution in [0.2, 0.25) is 0 Å². The highest BCUT2D eigenvalue weighted by Gasteiger charge is 2.17. The molecule has 0 spiro atoms. The van der Waals surface area contributed by atoms with Crippen molar-refractivity contribution in [3.05, 3.63) is 58.6 Å². The second-order valence-electron chi connectivity index (χ2n) is 6.10. The van der Waals surface area contributed by atoms with Gasteiger partial charge in [0.25, 0.3) is 0 Å². The number of hydrogen-bond acceptors (Lipinski definition) is 4. The lowest BCUT2D eigenvalue weighted by atomic mass is 10.2. The van der Waals surface area contributed by atoms with Crippen molar-refractivity contribution < 1.29 is 17.9 Å². The maximum Gasteiger partial charge on any atom is 0.232 e. The van der Waals surface area contributed by atoms with Crippen molar-refractivity contribution in [1.82, 2.24) is 0 Å². The number of methoxy groups -OCH3 is 1. The summed E-state index contributed by atoms with van der Waals surface area (Å²) in [5, 5.41) is 2.83. The van der Waals surface area contributed by atoms with Gasteiger partial charge in [-0.2, -0.15) is 0 Å². The molecule has 1 amide bonds. The number of nitrogens with zero attached hydrogens (tertiary/aromatic N) is 1. The van der Waals surface area contributed by atoms with Crippen LogP contribution < -0.4 is 9.62 Å². The van der Waals surface area contributed by atoms with E-state index in [1.54, 1.807) is 31.4 Å². The number of rotatable bonds is 9. The van der Waals surface area contributed by atoms with Crippen molar-refractivity contribution in [3.63, 3.8) is 0 Å². The van der Waals surface area contributed by atoms with Gasteiger partial charge in [0.2, 0.25) is 15.9 Å². The predicted molar refractivity (Wildman–Crippen MR) is 111 cm³/mol. The molecule has 0 heterocycles. The first kappa shape index (κ1) is 21.4. The van der Waals surface area contributed by atoms with Gasteiger partial charge in [-0.05, 0) is 48.4 Å². The molecular formula is C19H23BrN2O4S. The molecule has 0 saturated heterocycles. The van der Waals surface area contributed by atoms with Crippen LogP contribution in [0.15, 0.2) is 53.0 Å². The number of amides is 1. The number of anilines is 2. The number of halogens is 1. The fraction of sp³-hybridized carbons (Fsp3) is 0.316. The zero-order valence-electron chi connectivity index (χ0n) is 15.3.